The highest BCUT2D eigenvalue weighted by Crippen LogP contribution is 2.14. The van der Waals surface area contributed by atoms with Gasteiger partial charge in [0.2, 0.25) is 0 Å². The SMILES string of the molecule is CCc1c(C)nn(CCCCC(=O)O)c1C. The van der Waals surface area contributed by atoms with Crippen molar-refractivity contribution in [2.24, 2.45) is 0 Å². The van der Waals surface area contributed by atoms with Crippen LogP contribution in [0.3, 0.4) is 0 Å². The second-order valence-corrected chi connectivity index (χ2v) is 4.08. The van der Waals surface area contributed by atoms with Gasteiger partial charge in [-0.05, 0) is 38.7 Å². The zero-order chi connectivity index (χ0) is 12.1. The molecule has 0 amide bonds. The van der Waals surface area contributed by atoms with Crippen LogP contribution in [0.25, 0.3) is 0 Å². The molecule has 4 heteroatoms. The van der Waals surface area contributed by atoms with E-state index in [9.17, 15) is 4.79 Å². The predicted octanol–water partition coefficient (Wildman–Crippen LogP) is 2.32. The van der Waals surface area contributed by atoms with Crippen LogP contribution in [0, 0.1) is 13.8 Å². The van der Waals surface area contributed by atoms with Crippen LogP contribution >= 0.6 is 0 Å². The van der Waals surface area contributed by atoms with Crippen LogP contribution in [0.1, 0.15) is 43.1 Å². The fourth-order valence-corrected chi connectivity index (χ4v) is 2.00. The molecular weight excluding hydrogens is 204 g/mol. The number of carbonyl (C=O) groups is 1. The number of unbranched alkanes of at least 4 members (excludes halogenated alkanes) is 1. The van der Waals surface area contributed by atoms with Crippen molar-refractivity contribution in [2.75, 3.05) is 0 Å². The van der Waals surface area contributed by atoms with Crippen molar-refractivity contribution in [1.29, 1.82) is 0 Å². The molecule has 0 aliphatic rings. The Morgan fingerprint density at radius 3 is 2.56 bits per heavy atom. The average molecular weight is 224 g/mol. The molecule has 0 radical (unpaired) electrons. The average Bonchev–Trinajstić information content (AvgIpc) is 2.48. The smallest absolute Gasteiger partial charge is 0.303 e. The minimum absolute atomic E-state index is 0.250. The third-order valence-electron chi connectivity index (χ3n) is 2.90. The number of hydrogen-bond donors (Lipinski definition) is 1. The van der Waals surface area contributed by atoms with E-state index in [2.05, 4.69) is 18.9 Å². The number of hydrogen-bond acceptors (Lipinski definition) is 2. The van der Waals surface area contributed by atoms with E-state index in [0.717, 1.165) is 31.5 Å². The third kappa shape index (κ3) is 3.08. The molecule has 0 saturated heterocycles. The van der Waals surface area contributed by atoms with Crippen LogP contribution in [0.15, 0.2) is 0 Å². The molecule has 16 heavy (non-hydrogen) atoms. The molecule has 1 aromatic heterocycles. The van der Waals surface area contributed by atoms with Gasteiger partial charge in [-0.25, -0.2) is 0 Å². The lowest BCUT2D eigenvalue weighted by Gasteiger charge is -2.04. The summed E-state index contributed by atoms with van der Waals surface area (Å²) >= 11 is 0. The maximum atomic E-state index is 10.4. The summed E-state index contributed by atoms with van der Waals surface area (Å²) in [6, 6.07) is 0. The molecule has 1 rings (SSSR count). The van der Waals surface area contributed by atoms with Gasteiger partial charge in [0.1, 0.15) is 0 Å². The first-order valence-electron chi connectivity index (χ1n) is 5.81. The molecule has 0 aliphatic heterocycles. The van der Waals surface area contributed by atoms with E-state index in [-0.39, 0.29) is 6.42 Å². The molecular formula is C12H20N2O2. The Balaban J connectivity index is 2.51. The van der Waals surface area contributed by atoms with Crippen LogP contribution < -0.4 is 0 Å². The summed E-state index contributed by atoms with van der Waals surface area (Å²) in [6.07, 6.45) is 2.85. The Labute approximate surface area is 96.3 Å². The van der Waals surface area contributed by atoms with Gasteiger partial charge in [0.15, 0.2) is 0 Å². The summed E-state index contributed by atoms with van der Waals surface area (Å²) in [5.74, 6) is -0.720. The Morgan fingerprint density at radius 2 is 2.06 bits per heavy atom. The molecule has 0 unspecified atom stereocenters. The second-order valence-electron chi connectivity index (χ2n) is 4.08. The van der Waals surface area contributed by atoms with Crippen molar-refractivity contribution < 1.29 is 9.90 Å². The van der Waals surface area contributed by atoms with Crippen molar-refractivity contribution in [3.63, 3.8) is 0 Å². The fraction of sp³-hybridized carbons (Fsp3) is 0.667. The monoisotopic (exact) mass is 224 g/mol. The van der Waals surface area contributed by atoms with Crippen LogP contribution in [0.4, 0.5) is 0 Å². The number of carboxylic acids is 1. The van der Waals surface area contributed by atoms with E-state index in [1.54, 1.807) is 0 Å². The minimum atomic E-state index is -0.720. The molecule has 0 atom stereocenters. The molecule has 0 saturated carbocycles. The normalized spacial score (nSPS) is 10.7. The number of aryl methyl sites for hydroxylation is 2. The lowest BCUT2D eigenvalue weighted by atomic mass is 10.1. The van der Waals surface area contributed by atoms with Gasteiger partial charge in [-0.1, -0.05) is 6.92 Å². The van der Waals surface area contributed by atoms with E-state index in [1.807, 2.05) is 11.6 Å². The van der Waals surface area contributed by atoms with Gasteiger partial charge >= 0.3 is 5.97 Å². The summed E-state index contributed by atoms with van der Waals surface area (Å²) in [5.41, 5.74) is 3.63. The lowest BCUT2D eigenvalue weighted by Crippen LogP contribution is -2.04. The van der Waals surface area contributed by atoms with Crippen LogP contribution in [-0.2, 0) is 17.8 Å². The van der Waals surface area contributed by atoms with Crippen molar-refractivity contribution in [3.8, 4) is 0 Å². The largest absolute Gasteiger partial charge is 0.481 e. The second kappa shape index (κ2) is 5.68. The van der Waals surface area contributed by atoms with Crippen molar-refractivity contribution >= 4 is 5.97 Å². The summed E-state index contributed by atoms with van der Waals surface area (Å²) < 4.78 is 2.00. The minimum Gasteiger partial charge on any atom is -0.481 e. The molecule has 0 aromatic carbocycles. The van der Waals surface area contributed by atoms with E-state index in [1.165, 1.54) is 11.3 Å². The van der Waals surface area contributed by atoms with E-state index in [0.29, 0.717) is 0 Å². The zero-order valence-corrected chi connectivity index (χ0v) is 10.3. The van der Waals surface area contributed by atoms with Gasteiger partial charge in [0.25, 0.3) is 0 Å². The van der Waals surface area contributed by atoms with Gasteiger partial charge in [-0.2, -0.15) is 5.10 Å². The highest BCUT2D eigenvalue weighted by Gasteiger charge is 2.09. The summed E-state index contributed by atoms with van der Waals surface area (Å²) in [7, 11) is 0. The maximum Gasteiger partial charge on any atom is 0.303 e. The molecule has 1 heterocycles. The number of nitrogens with zero attached hydrogens (tertiary/aromatic N) is 2. The summed E-state index contributed by atoms with van der Waals surface area (Å²) in [5, 5.41) is 13.0. The standard InChI is InChI=1S/C12H20N2O2/c1-4-11-9(2)13-14(10(11)3)8-6-5-7-12(15)16/h4-8H2,1-3H3,(H,15,16). The molecule has 90 valence electrons. The Bertz CT molecular complexity index is 369. The van der Waals surface area contributed by atoms with E-state index < -0.39 is 5.97 Å². The topological polar surface area (TPSA) is 55.1 Å². The highest BCUT2D eigenvalue weighted by molar-refractivity contribution is 5.66. The van der Waals surface area contributed by atoms with E-state index in [4.69, 9.17) is 5.11 Å². The first-order valence-corrected chi connectivity index (χ1v) is 5.81. The molecule has 1 N–H and O–H groups in total. The fourth-order valence-electron chi connectivity index (χ4n) is 2.00. The molecule has 1 aromatic rings. The van der Waals surface area contributed by atoms with E-state index >= 15 is 0 Å². The zero-order valence-electron chi connectivity index (χ0n) is 10.3. The Morgan fingerprint density at radius 1 is 1.38 bits per heavy atom. The first-order chi connectivity index (χ1) is 7.56. The van der Waals surface area contributed by atoms with Crippen molar-refractivity contribution in [2.45, 2.75) is 53.0 Å². The van der Waals surface area contributed by atoms with Gasteiger partial charge in [-0.3, -0.25) is 9.48 Å². The van der Waals surface area contributed by atoms with Crippen LogP contribution in [0.2, 0.25) is 0 Å². The maximum absolute atomic E-state index is 10.4. The molecule has 0 fully saturated rings. The molecule has 0 spiro atoms. The summed E-state index contributed by atoms with van der Waals surface area (Å²) in [6.45, 7) is 7.06. The lowest BCUT2D eigenvalue weighted by molar-refractivity contribution is -0.137. The number of rotatable bonds is 6. The molecule has 0 aliphatic carbocycles. The van der Waals surface area contributed by atoms with Crippen molar-refractivity contribution in [3.05, 3.63) is 17.0 Å². The Kier molecular flexibility index (Phi) is 4.52. The highest BCUT2D eigenvalue weighted by atomic mass is 16.4. The van der Waals surface area contributed by atoms with Crippen molar-refractivity contribution in [1.82, 2.24) is 9.78 Å². The van der Waals surface area contributed by atoms with Crippen LogP contribution in [0.5, 0.6) is 0 Å². The van der Waals surface area contributed by atoms with Gasteiger partial charge in [-0.15, -0.1) is 0 Å². The quantitative estimate of drug-likeness (QED) is 0.754. The van der Waals surface area contributed by atoms with Crippen LogP contribution in [-0.4, -0.2) is 20.9 Å². The molecule has 4 nitrogen and oxygen atoms in total. The predicted molar refractivity (Wildman–Crippen MR) is 62.6 cm³/mol. The molecule has 0 bridgehead atoms. The first kappa shape index (κ1) is 12.7. The number of aromatic nitrogens is 2. The third-order valence-corrected chi connectivity index (χ3v) is 2.90. The van der Waals surface area contributed by atoms with Gasteiger partial charge < -0.3 is 5.11 Å². The summed E-state index contributed by atoms with van der Waals surface area (Å²) in [4.78, 5) is 10.4. The van der Waals surface area contributed by atoms with Gasteiger partial charge in [0.05, 0.1) is 5.69 Å². The number of carboxylic acid groups (broad SMARTS) is 1. The van der Waals surface area contributed by atoms with Gasteiger partial charge in [0, 0.05) is 18.7 Å². The Hall–Kier alpha value is -1.32. The number of aliphatic carboxylic acids is 1.